The molecule has 0 aliphatic rings. The van der Waals surface area contributed by atoms with Crippen molar-refractivity contribution in [2.45, 2.75) is 6.92 Å². The number of thiophene rings is 1. The molecular weight excluding hydrogens is 304 g/mol. The highest BCUT2D eigenvalue weighted by Gasteiger charge is 2.12. The van der Waals surface area contributed by atoms with Gasteiger partial charge in [0.25, 0.3) is 0 Å². The molecule has 0 aliphatic heterocycles. The second-order valence-corrected chi connectivity index (χ2v) is 6.43. The van der Waals surface area contributed by atoms with Crippen molar-refractivity contribution in [3.05, 3.63) is 19.8 Å². The minimum Gasteiger partial charge on any atom is -0.375 e. The maximum absolute atomic E-state index is 5.95. The van der Waals surface area contributed by atoms with Crippen LogP contribution in [0.5, 0.6) is 0 Å². The number of nitrogens with two attached hydrogens (primary N) is 1. The van der Waals surface area contributed by atoms with E-state index in [1.165, 1.54) is 22.7 Å². The molecule has 0 radical (unpaired) electrons. The summed E-state index contributed by atoms with van der Waals surface area (Å²) in [6.07, 6.45) is 0. The predicted octanol–water partition coefficient (Wildman–Crippen LogP) is 4.18. The first-order valence-corrected chi connectivity index (χ1v) is 6.56. The average molecular weight is 310 g/mol. The van der Waals surface area contributed by atoms with Crippen LogP contribution in [0.4, 0.5) is 5.13 Å². The highest BCUT2D eigenvalue weighted by molar-refractivity contribution is 9.10. The first-order valence-electron chi connectivity index (χ1n) is 3.76. The highest BCUT2D eigenvalue weighted by atomic mass is 79.9. The lowest BCUT2D eigenvalue weighted by Gasteiger charge is -1.90. The molecule has 2 heterocycles. The summed E-state index contributed by atoms with van der Waals surface area (Å²) in [6, 6.07) is 1.97. The van der Waals surface area contributed by atoms with Crippen molar-refractivity contribution in [3.63, 3.8) is 0 Å². The van der Waals surface area contributed by atoms with Crippen molar-refractivity contribution in [3.8, 4) is 10.6 Å². The predicted molar refractivity (Wildman–Crippen MR) is 67.3 cm³/mol. The molecule has 74 valence electrons. The lowest BCUT2D eigenvalue weighted by Crippen LogP contribution is -1.81. The summed E-state index contributed by atoms with van der Waals surface area (Å²) >= 11 is 12.3. The van der Waals surface area contributed by atoms with Gasteiger partial charge < -0.3 is 5.73 Å². The van der Waals surface area contributed by atoms with E-state index in [0.29, 0.717) is 5.13 Å². The number of nitrogen functional groups attached to an aromatic ring is 1. The van der Waals surface area contributed by atoms with Gasteiger partial charge in [0.2, 0.25) is 0 Å². The lowest BCUT2D eigenvalue weighted by molar-refractivity contribution is 1.40. The molecule has 0 aromatic carbocycles. The third kappa shape index (κ3) is 1.82. The highest BCUT2D eigenvalue weighted by Crippen LogP contribution is 2.40. The van der Waals surface area contributed by atoms with Crippen LogP contribution in [0, 0.1) is 6.92 Å². The number of rotatable bonds is 1. The van der Waals surface area contributed by atoms with Gasteiger partial charge in [0.05, 0.1) is 10.6 Å². The minimum absolute atomic E-state index is 0.596. The maximum atomic E-state index is 5.95. The van der Waals surface area contributed by atoms with Crippen LogP contribution in [0.1, 0.15) is 4.88 Å². The Kier molecular flexibility index (Phi) is 2.83. The zero-order valence-electron chi connectivity index (χ0n) is 7.17. The van der Waals surface area contributed by atoms with Crippen LogP contribution in [0.15, 0.2) is 10.5 Å². The van der Waals surface area contributed by atoms with Crippen molar-refractivity contribution in [2.75, 3.05) is 5.73 Å². The minimum atomic E-state index is 0.596. The normalized spacial score (nSPS) is 10.8. The molecule has 2 aromatic heterocycles. The zero-order chi connectivity index (χ0) is 10.3. The summed E-state index contributed by atoms with van der Waals surface area (Å²) in [5, 5.41) is 0.596. The van der Waals surface area contributed by atoms with Crippen LogP contribution in [-0.4, -0.2) is 4.98 Å². The smallest absolute Gasteiger partial charge is 0.180 e. The Hall–Kier alpha value is -0.100. The molecule has 0 bridgehead atoms. The summed E-state index contributed by atoms with van der Waals surface area (Å²) in [5.41, 5.74) is 6.56. The van der Waals surface area contributed by atoms with Gasteiger partial charge in [-0.1, -0.05) is 11.6 Å². The van der Waals surface area contributed by atoms with Gasteiger partial charge in [0, 0.05) is 9.35 Å². The van der Waals surface area contributed by atoms with Gasteiger partial charge in [0.1, 0.15) is 4.34 Å². The van der Waals surface area contributed by atoms with E-state index in [9.17, 15) is 0 Å². The molecule has 0 aliphatic carbocycles. The van der Waals surface area contributed by atoms with Crippen molar-refractivity contribution in [2.24, 2.45) is 0 Å². The van der Waals surface area contributed by atoms with Gasteiger partial charge in [-0.3, -0.25) is 0 Å². The topological polar surface area (TPSA) is 38.9 Å². The van der Waals surface area contributed by atoms with Crippen molar-refractivity contribution in [1.29, 1.82) is 0 Å². The number of hydrogen-bond donors (Lipinski definition) is 1. The van der Waals surface area contributed by atoms with Gasteiger partial charge >= 0.3 is 0 Å². The van der Waals surface area contributed by atoms with E-state index in [1.54, 1.807) is 0 Å². The summed E-state index contributed by atoms with van der Waals surface area (Å²) in [4.78, 5) is 6.43. The number of aryl methyl sites for hydroxylation is 1. The Morgan fingerprint density at radius 2 is 2.21 bits per heavy atom. The Bertz CT molecular complexity index is 458. The van der Waals surface area contributed by atoms with Gasteiger partial charge in [-0.15, -0.1) is 22.7 Å². The molecule has 0 atom stereocenters. The van der Waals surface area contributed by atoms with E-state index >= 15 is 0 Å². The summed E-state index contributed by atoms with van der Waals surface area (Å²) in [7, 11) is 0. The SMILES string of the molecule is Cc1sc(N)nc1-c1cc(Br)c(Cl)s1. The lowest BCUT2D eigenvalue weighted by atomic mass is 10.3. The fraction of sp³-hybridized carbons (Fsp3) is 0.125. The molecule has 2 N–H and O–H groups in total. The molecule has 2 aromatic rings. The van der Waals surface area contributed by atoms with Gasteiger partial charge in [0.15, 0.2) is 5.13 Å². The molecule has 0 fully saturated rings. The van der Waals surface area contributed by atoms with Crippen LogP contribution in [0.2, 0.25) is 4.34 Å². The number of nitrogens with zero attached hydrogens (tertiary/aromatic N) is 1. The second kappa shape index (κ2) is 3.81. The third-order valence-corrected chi connectivity index (χ3v) is 4.97. The Morgan fingerprint density at radius 1 is 1.50 bits per heavy atom. The zero-order valence-corrected chi connectivity index (χ0v) is 11.1. The number of halogens is 2. The van der Waals surface area contributed by atoms with Crippen LogP contribution in [0.25, 0.3) is 10.6 Å². The monoisotopic (exact) mass is 308 g/mol. The standard InChI is InChI=1S/C8H6BrClN2S2/c1-3-6(12-8(11)13-3)5-2-4(9)7(10)14-5/h2H,1H3,(H2,11,12). The number of aromatic nitrogens is 1. The van der Waals surface area contributed by atoms with Gasteiger partial charge in [-0.25, -0.2) is 4.98 Å². The van der Waals surface area contributed by atoms with E-state index in [1.807, 2.05) is 13.0 Å². The number of thiazole rings is 1. The molecule has 0 amide bonds. The Labute approximate surface area is 103 Å². The van der Waals surface area contributed by atoms with Crippen molar-refractivity contribution in [1.82, 2.24) is 4.98 Å². The van der Waals surface area contributed by atoms with E-state index < -0.39 is 0 Å². The number of hydrogen-bond acceptors (Lipinski definition) is 4. The first-order chi connectivity index (χ1) is 6.58. The Balaban J connectivity index is 2.54. The number of anilines is 1. The third-order valence-electron chi connectivity index (χ3n) is 1.69. The fourth-order valence-electron chi connectivity index (χ4n) is 1.11. The van der Waals surface area contributed by atoms with E-state index in [0.717, 1.165) is 24.3 Å². The molecule has 6 heteroatoms. The van der Waals surface area contributed by atoms with E-state index in [-0.39, 0.29) is 0 Å². The van der Waals surface area contributed by atoms with Gasteiger partial charge in [-0.05, 0) is 28.9 Å². The Morgan fingerprint density at radius 3 is 2.64 bits per heavy atom. The fourth-order valence-corrected chi connectivity index (χ4v) is 3.63. The molecule has 0 spiro atoms. The molecular formula is C8H6BrClN2S2. The van der Waals surface area contributed by atoms with E-state index in [2.05, 4.69) is 20.9 Å². The largest absolute Gasteiger partial charge is 0.375 e. The molecule has 0 saturated carbocycles. The van der Waals surface area contributed by atoms with Crippen LogP contribution in [0.3, 0.4) is 0 Å². The summed E-state index contributed by atoms with van der Waals surface area (Å²) in [6.45, 7) is 2.00. The molecule has 2 rings (SSSR count). The van der Waals surface area contributed by atoms with Gasteiger partial charge in [-0.2, -0.15) is 0 Å². The summed E-state index contributed by atoms with van der Waals surface area (Å²) in [5.74, 6) is 0. The van der Waals surface area contributed by atoms with Crippen molar-refractivity contribution >= 4 is 55.3 Å². The van der Waals surface area contributed by atoms with Crippen LogP contribution >= 0.6 is 50.2 Å². The maximum Gasteiger partial charge on any atom is 0.180 e. The average Bonchev–Trinajstić information content (AvgIpc) is 2.57. The quantitative estimate of drug-likeness (QED) is 0.858. The molecule has 0 unspecified atom stereocenters. The summed E-state index contributed by atoms with van der Waals surface area (Å²) < 4.78 is 1.65. The molecule has 14 heavy (non-hydrogen) atoms. The van der Waals surface area contributed by atoms with Crippen LogP contribution < -0.4 is 5.73 Å². The first kappa shape index (κ1) is 10.4. The van der Waals surface area contributed by atoms with Crippen molar-refractivity contribution < 1.29 is 0 Å². The molecule has 0 saturated heterocycles. The second-order valence-electron chi connectivity index (χ2n) is 2.69. The van der Waals surface area contributed by atoms with E-state index in [4.69, 9.17) is 17.3 Å². The van der Waals surface area contributed by atoms with Crippen LogP contribution in [-0.2, 0) is 0 Å². The molecule has 2 nitrogen and oxygen atoms in total.